The summed E-state index contributed by atoms with van der Waals surface area (Å²) in [6.07, 6.45) is 16.7. The number of unbranched alkanes of at least 4 members (excludes halogenated alkanes) is 1. The molecule has 3 saturated carbocycles. The smallest absolute Gasteiger partial charge is 0.309 e. The Morgan fingerprint density at radius 1 is 0.889 bits per heavy atom. The van der Waals surface area contributed by atoms with E-state index in [0.717, 1.165) is 57.0 Å². The lowest BCUT2D eigenvalue weighted by molar-refractivity contribution is -0.156. The van der Waals surface area contributed by atoms with Crippen molar-refractivity contribution in [3.63, 3.8) is 0 Å². The number of ether oxygens (including phenoxy) is 2. The van der Waals surface area contributed by atoms with Gasteiger partial charge in [0, 0.05) is 6.61 Å². The molecule has 0 N–H and O–H groups in total. The molecule has 3 nitrogen and oxygen atoms in total. The van der Waals surface area contributed by atoms with Gasteiger partial charge >= 0.3 is 5.97 Å². The highest BCUT2D eigenvalue weighted by molar-refractivity contribution is 5.72. The first kappa shape index (κ1) is 20.9. The van der Waals surface area contributed by atoms with E-state index in [0.29, 0.717) is 6.10 Å². The van der Waals surface area contributed by atoms with Crippen LogP contribution in [0.1, 0.15) is 96.8 Å². The summed E-state index contributed by atoms with van der Waals surface area (Å²) in [7, 11) is 0. The van der Waals surface area contributed by atoms with Gasteiger partial charge < -0.3 is 9.47 Å². The Kier molecular flexibility index (Phi) is 8.24. The minimum Gasteiger partial charge on any atom is -0.462 e. The summed E-state index contributed by atoms with van der Waals surface area (Å²) in [6.45, 7) is 7.20. The third kappa shape index (κ3) is 6.34. The Balaban J connectivity index is 1.33. The molecule has 0 radical (unpaired) electrons. The zero-order valence-corrected chi connectivity index (χ0v) is 17.4. The van der Waals surface area contributed by atoms with Gasteiger partial charge in [0.25, 0.3) is 0 Å². The van der Waals surface area contributed by atoms with Crippen LogP contribution in [0, 0.1) is 17.8 Å². The van der Waals surface area contributed by atoms with Gasteiger partial charge in [0.1, 0.15) is 6.10 Å². The third-order valence-corrected chi connectivity index (χ3v) is 7.26. The first-order valence-corrected chi connectivity index (χ1v) is 11.6. The largest absolute Gasteiger partial charge is 0.462 e. The summed E-state index contributed by atoms with van der Waals surface area (Å²) in [5, 5.41) is 0. The third-order valence-electron chi connectivity index (χ3n) is 7.26. The molecule has 0 aliphatic heterocycles. The van der Waals surface area contributed by atoms with Crippen molar-refractivity contribution in [2.24, 2.45) is 17.8 Å². The molecule has 0 heterocycles. The number of hydrogen-bond donors (Lipinski definition) is 0. The fraction of sp³-hybridized carbons (Fsp3) is 0.875. The number of carbonyl (C=O) groups is 1. The Morgan fingerprint density at radius 3 is 2.07 bits per heavy atom. The van der Waals surface area contributed by atoms with Crippen LogP contribution in [0.3, 0.4) is 0 Å². The van der Waals surface area contributed by atoms with Crippen molar-refractivity contribution in [3.8, 4) is 0 Å². The lowest BCUT2D eigenvalue weighted by Gasteiger charge is -2.37. The molecule has 0 atom stereocenters. The summed E-state index contributed by atoms with van der Waals surface area (Å²) in [4.78, 5) is 12.5. The Bertz CT molecular complexity index is 460. The lowest BCUT2D eigenvalue weighted by atomic mass is 9.70. The van der Waals surface area contributed by atoms with Gasteiger partial charge in [0.2, 0.25) is 0 Å². The Morgan fingerprint density at radius 2 is 1.48 bits per heavy atom. The molecule has 3 fully saturated rings. The summed E-state index contributed by atoms with van der Waals surface area (Å²) < 4.78 is 11.8. The monoisotopic (exact) mass is 376 g/mol. The van der Waals surface area contributed by atoms with E-state index in [9.17, 15) is 4.79 Å². The minimum atomic E-state index is 0.0824. The zero-order chi connectivity index (χ0) is 19.1. The van der Waals surface area contributed by atoms with E-state index < -0.39 is 0 Å². The molecule has 27 heavy (non-hydrogen) atoms. The minimum absolute atomic E-state index is 0.0824. The van der Waals surface area contributed by atoms with Gasteiger partial charge in [0.15, 0.2) is 0 Å². The van der Waals surface area contributed by atoms with Crippen LogP contribution in [-0.4, -0.2) is 24.8 Å². The van der Waals surface area contributed by atoms with E-state index in [4.69, 9.17) is 9.47 Å². The SMILES string of the molecule is C=C1CCC(OC(=O)C2CCC(C3CCC(OCCCC)CC3)CC2)CC1. The molecule has 3 aliphatic rings. The van der Waals surface area contributed by atoms with Gasteiger partial charge in [-0.3, -0.25) is 4.79 Å². The van der Waals surface area contributed by atoms with E-state index in [-0.39, 0.29) is 18.0 Å². The van der Waals surface area contributed by atoms with E-state index >= 15 is 0 Å². The highest BCUT2D eigenvalue weighted by atomic mass is 16.5. The van der Waals surface area contributed by atoms with Crippen LogP contribution in [0.25, 0.3) is 0 Å². The van der Waals surface area contributed by atoms with Gasteiger partial charge in [-0.15, -0.1) is 0 Å². The summed E-state index contributed by atoms with van der Waals surface area (Å²) in [5.41, 5.74) is 1.31. The number of carbonyl (C=O) groups excluding carboxylic acids is 1. The van der Waals surface area contributed by atoms with Crippen molar-refractivity contribution in [1.29, 1.82) is 0 Å². The van der Waals surface area contributed by atoms with Gasteiger partial charge in [-0.05, 0) is 95.3 Å². The molecular formula is C24H40O3. The second-order valence-corrected chi connectivity index (χ2v) is 9.26. The molecule has 0 aromatic heterocycles. The van der Waals surface area contributed by atoms with E-state index in [1.165, 1.54) is 56.9 Å². The van der Waals surface area contributed by atoms with Crippen LogP contribution >= 0.6 is 0 Å². The second kappa shape index (κ2) is 10.6. The van der Waals surface area contributed by atoms with Crippen LogP contribution in [-0.2, 0) is 14.3 Å². The van der Waals surface area contributed by atoms with Crippen molar-refractivity contribution < 1.29 is 14.3 Å². The second-order valence-electron chi connectivity index (χ2n) is 9.26. The molecule has 154 valence electrons. The topological polar surface area (TPSA) is 35.5 Å². The number of hydrogen-bond acceptors (Lipinski definition) is 3. The van der Waals surface area contributed by atoms with Gasteiger partial charge in [-0.1, -0.05) is 25.5 Å². The van der Waals surface area contributed by atoms with E-state index in [2.05, 4.69) is 13.5 Å². The molecule has 0 aromatic rings. The van der Waals surface area contributed by atoms with E-state index in [1.807, 2.05) is 0 Å². The predicted octanol–water partition coefficient (Wildman–Crippen LogP) is 6.21. The number of rotatable bonds is 7. The molecule has 0 spiro atoms. The molecule has 0 aromatic carbocycles. The van der Waals surface area contributed by atoms with Crippen LogP contribution in [0.2, 0.25) is 0 Å². The summed E-state index contributed by atoms with van der Waals surface area (Å²) in [6, 6.07) is 0. The molecule has 0 bridgehead atoms. The standard InChI is InChI=1S/C24H40O3/c1-3-4-17-26-22-15-11-20(12-16-22)19-7-9-21(10-8-19)24(25)27-23-13-5-18(2)6-14-23/h19-23H,2-17H2,1H3. The molecule has 0 saturated heterocycles. The fourth-order valence-corrected chi connectivity index (χ4v) is 5.33. The molecule has 0 amide bonds. The predicted molar refractivity (Wildman–Crippen MR) is 110 cm³/mol. The van der Waals surface area contributed by atoms with Gasteiger partial charge in [-0.2, -0.15) is 0 Å². The van der Waals surface area contributed by atoms with Crippen LogP contribution in [0.5, 0.6) is 0 Å². The molecule has 3 heteroatoms. The number of esters is 1. The fourth-order valence-electron chi connectivity index (χ4n) is 5.33. The maximum absolute atomic E-state index is 12.5. The van der Waals surface area contributed by atoms with Gasteiger partial charge in [-0.25, -0.2) is 0 Å². The zero-order valence-electron chi connectivity index (χ0n) is 17.4. The quantitative estimate of drug-likeness (QED) is 0.301. The highest BCUT2D eigenvalue weighted by Gasteiger charge is 2.34. The maximum Gasteiger partial charge on any atom is 0.309 e. The van der Waals surface area contributed by atoms with Crippen molar-refractivity contribution in [2.75, 3.05) is 6.61 Å². The Labute approximate surface area is 166 Å². The number of allylic oxidation sites excluding steroid dienone is 1. The van der Waals surface area contributed by atoms with E-state index in [1.54, 1.807) is 0 Å². The van der Waals surface area contributed by atoms with Crippen LogP contribution in [0.15, 0.2) is 12.2 Å². The molecular weight excluding hydrogens is 336 g/mol. The Hall–Kier alpha value is -0.830. The van der Waals surface area contributed by atoms with Crippen LogP contribution in [0.4, 0.5) is 0 Å². The lowest BCUT2D eigenvalue weighted by Crippen LogP contribution is -2.32. The van der Waals surface area contributed by atoms with Crippen molar-refractivity contribution in [1.82, 2.24) is 0 Å². The first-order valence-electron chi connectivity index (χ1n) is 11.6. The first-order chi connectivity index (χ1) is 13.2. The molecule has 3 rings (SSSR count). The molecule has 3 aliphatic carbocycles. The summed E-state index contributed by atoms with van der Waals surface area (Å²) >= 11 is 0. The van der Waals surface area contributed by atoms with Crippen LogP contribution < -0.4 is 0 Å². The van der Waals surface area contributed by atoms with Crippen molar-refractivity contribution >= 4 is 5.97 Å². The van der Waals surface area contributed by atoms with Gasteiger partial charge in [0.05, 0.1) is 12.0 Å². The van der Waals surface area contributed by atoms with Crippen molar-refractivity contribution in [3.05, 3.63) is 12.2 Å². The average molecular weight is 377 g/mol. The molecule has 0 unspecified atom stereocenters. The highest BCUT2D eigenvalue weighted by Crippen LogP contribution is 2.41. The average Bonchev–Trinajstić information content (AvgIpc) is 2.70. The summed E-state index contributed by atoms with van der Waals surface area (Å²) in [5.74, 6) is 1.92. The maximum atomic E-state index is 12.5. The van der Waals surface area contributed by atoms with Crippen molar-refractivity contribution in [2.45, 2.75) is 109 Å². The normalized spacial score (nSPS) is 33.0.